The first-order valence-corrected chi connectivity index (χ1v) is 9.15. The molecular formula is C20H34N3O+. The van der Waals surface area contributed by atoms with Gasteiger partial charge in [-0.1, -0.05) is 32.9 Å². The molecule has 1 aromatic rings. The van der Waals surface area contributed by atoms with Gasteiger partial charge in [-0.25, -0.2) is 0 Å². The molecule has 1 aliphatic heterocycles. The molecule has 4 nitrogen and oxygen atoms in total. The summed E-state index contributed by atoms with van der Waals surface area (Å²) in [6.45, 7) is 9.46. The number of likely N-dealkylation sites (tertiary alicyclic amines) is 1. The van der Waals surface area contributed by atoms with Crippen molar-refractivity contribution in [3.63, 3.8) is 0 Å². The van der Waals surface area contributed by atoms with E-state index in [4.69, 9.17) is 0 Å². The van der Waals surface area contributed by atoms with Crippen LogP contribution in [0.5, 0.6) is 0 Å². The molecule has 1 heterocycles. The number of rotatable bonds is 6. The van der Waals surface area contributed by atoms with E-state index in [0.717, 1.165) is 6.54 Å². The van der Waals surface area contributed by atoms with Gasteiger partial charge in [0, 0.05) is 44.6 Å². The summed E-state index contributed by atoms with van der Waals surface area (Å²) in [5.74, 6) is 0.163. The maximum Gasteiger partial charge on any atom is 0.220 e. The van der Waals surface area contributed by atoms with Gasteiger partial charge in [0.25, 0.3) is 0 Å². The topological polar surface area (TPSA) is 36.8 Å². The second-order valence-corrected chi connectivity index (χ2v) is 8.45. The molecule has 24 heavy (non-hydrogen) atoms. The van der Waals surface area contributed by atoms with Crippen LogP contribution in [0.1, 0.15) is 51.6 Å². The minimum absolute atomic E-state index is 0.0352. The van der Waals surface area contributed by atoms with E-state index >= 15 is 0 Å². The van der Waals surface area contributed by atoms with Crippen LogP contribution in [0.4, 0.5) is 5.69 Å². The largest absolute Gasteiger partial charge is 0.378 e. The highest BCUT2D eigenvalue weighted by Crippen LogP contribution is 2.19. The molecule has 0 bridgehead atoms. The van der Waals surface area contributed by atoms with Gasteiger partial charge in [0.15, 0.2) is 0 Å². The maximum absolute atomic E-state index is 12.2. The van der Waals surface area contributed by atoms with Crippen LogP contribution in [0.3, 0.4) is 0 Å². The van der Waals surface area contributed by atoms with E-state index in [1.54, 1.807) is 4.90 Å². The Kier molecular flexibility index (Phi) is 6.27. The average Bonchev–Trinajstić information content (AvgIpc) is 3.00. The van der Waals surface area contributed by atoms with Crippen LogP contribution in [0.2, 0.25) is 0 Å². The molecular weight excluding hydrogens is 298 g/mol. The number of anilines is 1. The predicted octanol–water partition coefficient (Wildman–Crippen LogP) is 2.02. The van der Waals surface area contributed by atoms with Crippen LogP contribution in [0.25, 0.3) is 0 Å². The lowest BCUT2D eigenvalue weighted by Gasteiger charge is -2.26. The van der Waals surface area contributed by atoms with Crippen molar-refractivity contribution < 1.29 is 9.69 Å². The summed E-state index contributed by atoms with van der Waals surface area (Å²) in [5.41, 5.74) is 2.58. The van der Waals surface area contributed by atoms with Gasteiger partial charge < -0.3 is 15.1 Å². The molecule has 2 rings (SSSR count). The van der Waals surface area contributed by atoms with Crippen LogP contribution < -0.4 is 15.1 Å². The summed E-state index contributed by atoms with van der Waals surface area (Å²) in [6.07, 6.45) is 3.16. The van der Waals surface area contributed by atoms with Crippen molar-refractivity contribution >= 4 is 11.6 Å². The zero-order valence-electron chi connectivity index (χ0n) is 16.0. The molecule has 1 fully saturated rings. The minimum atomic E-state index is 0.0352. The third kappa shape index (κ3) is 5.52. The fraction of sp³-hybridized carbons (Fsp3) is 0.650. The SMILES string of the molecule is CN(C)c1ccc([C@H](CNC(=O)CC(C)(C)C)[NH+]2CCCC2)cc1. The van der Waals surface area contributed by atoms with Crippen molar-refractivity contribution in [1.29, 1.82) is 0 Å². The smallest absolute Gasteiger partial charge is 0.220 e. The van der Waals surface area contributed by atoms with Gasteiger partial charge in [0.2, 0.25) is 5.91 Å². The first-order valence-electron chi connectivity index (χ1n) is 9.15. The van der Waals surface area contributed by atoms with Crippen LogP contribution in [-0.4, -0.2) is 39.6 Å². The van der Waals surface area contributed by atoms with Crippen LogP contribution >= 0.6 is 0 Å². The zero-order valence-corrected chi connectivity index (χ0v) is 16.0. The molecule has 134 valence electrons. The maximum atomic E-state index is 12.2. The van der Waals surface area contributed by atoms with Gasteiger partial charge in [0.05, 0.1) is 19.6 Å². The Morgan fingerprint density at radius 3 is 2.25 bits per heavy atom. The third-order valence-electron chi connectivity index (χ3n) is 4.74. The van der Waals surface area contributed by atoms with E-state index < -0.39 is 0 Å². The predicted molar refractivity (Wildman–Crippen MR) is 101 cm³/mol. The van der Waals surface area contributed by atoms with E-state index in [9.17, 15) is 4.79 Å². The summed E-state index contributed by atoms with van der Waals surface area (Å²) in [4.78, 5) is 15.9. The summed E-state index contributed by atoms with van der Waals surface area (Å²) in [6, 6.07) is 9.15. The van der Waals surface area contributed by atoms with Gasteiger partial charge in [-0.15, -0.1) is 0 Å². The summed E-state index contributed by atoms with van der Waals surface area (Å²) in [7, 11) is 4.12. The molecule has 1 aliphatic rings. The normalized spacial score (nSPS) is 16.9. The molecule has 0 saturated carbocycles. The number of hydrogen-bond donors (Lipinski definition) is 2. The van der Waals surface area contributed by atoms with Crippen LogP contribution in [0, 0.1) is 5.41 Å². The number of amides is 1. The summed E-state index contributed by atoms with van der Waals surface area (Å²) >= 11 is 0. The Hall–Kier alpha value is -1.55. The molecule has 0 radical (unpaired) electrons. The van der Waals surface area contributed by atoms with Gasteiger partial charge >= 0.3 is 0 Å². The first kappa shape index (κ1) is 18.8. The first-order chi connectivity index (χ1) is 11.3. The molecule has 0 spiro atoms. The zero-order chi connectivity index (χ0) is 17.7. The molecule has 2 N–H and O–H groups in total. The number of nitrogens with one attached hydrogen (secondary N) is 2. The monoisotopic (exact) mass is 332 g/mol. The molecule has 1 saturated heterocycles. The van der Waals surface area contributed by atoms with E-state index in [1.807, 2.05) is 0 Å². The molecule has 0 aliphatic carbocycles. The van der Waals surface area contributed by atoms with Crippen molar-refractivity contribution in [3.05, 3.63) is 29.8 Å². The summed E-state index contributed by atoms with van der Waals surface area (Å²) in [5, 5.41) is 3.18. The molecule has 4 heteroatoms. The highest BCUT2D eigenvalue weighted by molar-refractivity contribution is 5.76. The van der Waals surface area contributed by atoms with Crippen molar-refractivity contribution in [2.24, 2.45) is 5.41 Å². The Morgan fingerprint density at radius 2 is 1.75 bits per heavy atom. The Bertz CT molecular complexity index is 525. The molecule has 1 atom stereocenters. The number of carbonyl (C=O) groups excluding carboxylic acids is 1. The lowest BCUT2D eigenvalue weighted by molar-refractivity contribution is -0.918. The van der Waals surface area contributed by atoms with Crippen molar-refractivity contribution in [3.8, 4) is 0 Å². The van der Waals surface area contributed by atoms with E-state index in [1.165, 1.54) is 37.2 Å². The van der Waals surface area contributed by atoms with Crippen molar-refractivity contribution in [1.82, 2.24) is 5.32 Å². The number of benzene rings is 1. The lowest BCUT2D eigenvalue weighted by Crippen LogP contribution is -3.11. The van der Waals surface area contributed by atoms with Crippen LogP contribution in [-0.2, 0) is 4.79 Å². The van der Waals surface area contributed by atoms with Gasteiger partial charge in [-0.05, 0) is 17.5 Å². The van der Waals surface area contributed by atoms with Gasteiger partial charge in [-0.3, -0.25) is 4.79 Å². The lowest BCUT2D eigenvalue weighted by atomic mass is 9.92. The molecule has 1 aromatic carbocycles. The number of hydrogen-bond acceptors (Lipinski definition) is 2. The quantitative estimate of drug-likeness (QED) is 0.836. The fourth-order valence-corrected chi connectivity index (χ4v) is 3.44. The number of nitrogens with zero attached hydrogens (tertiary/aromatic N) is 1. The Labute approximate surface area is 147 Å². The summed E-state index contributed by atoms with van der Waals surface area (Å²) < 4.78 is 0. The van der Waals surface area contributed by atoms with E-state index in [2.05, 4.69) is 69.3 Å². The second kappa shape index (κ2) is 8.02. The molecule has 0 unspecified atom stereocenters. The van der Waals surface area contributed by atoms with Crippen molar-refractivity contribution in [2.75, 3.05) is 38.6 Å². The van der Waals surface area contributed by atoms with Crippen LogP contribution in [0.15, 0.2) is 24.3 Å². The van der Waals surface area contributed by atoms with E-state index in [-0.39, 0.29) is 11.3 Å². The van der Waals surface area contributed by atoms with Gasteiger partial charge in [0.1, 0.15) is 6.04 Å². The molecule has 0 aromatic heterocycles. The Balaban J connectivity index is 2.06. The standard InChI is InChI=1S/C20H33N3O/c1-20(2,3)14-19(24)21-15-18(23-12-6-7-13-23)16-8-10-17(11-9-16)22(4)5/h8-11,18H,6-7,12-15H2,1-5H3,(H,21,24)/p+1/t18-/m0/s1. The minimum Gasteiger partial charge on any atom is -0.378 e. The highest BCUT2D eigenvalue weighted by atomic mass is 16.1. The number of carbonyl (C=O) groups is 1. The second-order valence-electron chi connectivity index (χ2n) is 8.45. The van der Waals surface area contributed by atoms with Crippen molar-refractivity contribution in [2.45, 2.75) is 46.1 Å². The van der Waals surface area contributed by atoms with E-state index in [0.29, 0.717) is 12.5 Å². The molecule has 1 amide bonds. The fourth-order valence-electron chi connectivity index (χ4n) is 3.44. The van der Waals surface area contributed by atoms with Gasteiger partial charge in [-0.2, -0.15) is 0 Å². The third-order valence-corrected chi connectivity index (χ3v) is 4.74. The number of quaternary nitrogens is 1. The average molecular weight is 333 g/mol. The highest BCUT2D eigenvalue weighted by Gasteiger charge is 2.28. The Morgan fingerprint density at radius 1 is 1.17 bits per heavy atom.